The summed E-state index contributed by atoms with van der Waals surface area (Å²) < 4.78 is 61.1. The molecular weight excluding hydrogens is 371 g/mol. The van der Waals surface area contributed by atoms with Gasteiger partial charge in [-0.3, -0.25) is 9.52 Å². The molecule has 1 aromatic rings. The summed E-state index contributed by atoms with van der Waals surface area (Å²) >= 11 is 0. The third kappa shape index (κ3) is 5.87. The largest absolute Gasteiger partial charge is 0.516 e. The fraction of sp³-hybridized carbons (Fsp3) is 0.562. The van der Waals surface area contributed by atoms with Gasteiger partial charge in [-0.2, -0.15) is 21.6 Å². The molecule has 0 fully saturated rings. The van der Waals surface area contributed by atoms with Crippen molar-refractivity contribution in [1.29, 1.82) is 0 Å². The van der Waals surface area contributed by atoms with E-state index in [4.69, 9.17) is 0 Å². The van der Waals surface area contributed by atoms with Gasteiger partial charge in [0.2, 0.25) is 0 Å². The summed E-state index contributed by atoms with van der Waals surface area (Å²) in [4.78, 5) is 14.4. The molecule has 0 aliphatic carbocycles. The molecule has 0 unspecified atom stereocenters. The quantitative estimate of drug-likeness (QED) is 0.744. The zero-order chi connectivity index (χ0) is 20.3. The van der Waals surface area contributed by atoms with Gasteiger partial charge < -0.3 is 10.2 Å². The monoisotopic (exact) mass is 395 g/mol. The fourth-order valence-electron chi connectivity index (χ4n) is 2.36. The van der Waals surface area contributed by atoms with Crippen LogP contribution in [0.5, 0.6) is 0 Å². The van der Waals surface area contributed by atoms with Crippen LogP contribution in [0.2, 0.25) is 0 Å². The highest BCUT2D eigenvalue weighted by Crippen LogP contribution is 2.26. The molecule has 0 saturated carbocycles. The first-order chi connectivity index (χ1) is 11.7. The number of nitrogens with one attached hydrogen (secondary N) is 2. The zero-order valence-electron chi connectivity index (χ0n) is 15.3. The average Bonchev–Trinajstić information content (AvgIpc) is 2.44. The molecule has 1 atom stereocenters. The molecule has 1 amide bonds. The lowest BCUT2D eigenvalue weighted by atomic mass is 9.84. The average molecular weight is 395 g/mol. The number of carbonyl (C=O) groups excluding carboxylic acids is 1. The van der Waals surface area contributed by atoms with Gasteiger partial charge in [-0.25, -0.2) is 0 Å². The molecule has 10 heteroatoms. The second-order valence-corrected chi connectivity index (χ2v) is 8.73. The molecule has 0 bridgehead atoms. The van der Waals surface area contributed by atoms with Crippen LogP contribution in [0, 0.1) is 5.41 Å². The van der Waals surface area contributed by atoms with Crippen LogP contribution in [0.25, 0.3) is 0 Å². The molecule has 0 aromatic heterocycles. The lowest BCUT2D eigenvalue weighted by molar-refractivity contribution is -0.0429. The van der Waals surface area contributed by atoms with Gasteiger partial charge in [0.05, 0.1) is 0 Å². The van der Waals surface area contributed by atoms with Gasteiger partial charge in [-0.1, -0.05) is 19.9 Å². The lowest BCUT2D eigenvalue weighted by Crippen LogP contribution is -2.47. The predicted molar refractivity (Wildman–Crippen MR) is 94.3 cm³/mol. The van der Waals surface area contributed by atoms with Crippen LogP contribution in [-0.2, 0) is 10.0 Å². The molecule has 0 radical (unpaired) electrons. The normalized spacial score (nSPS) is 14.2. The molecule has 1 rings (SSSR count). The van der Waals surface area contributed by atoms with E-state index in [0.717, 1.165) is 12.1 Å². The Kier molecular flexibility index (Phi) is 6.69. The maximum Gasteiger partial charge on any atom is 0.516 e. The van der Waals surface area contributed by atoms with E-state index in [9.17, 15) is 26.4 Å². The van der Waals surface area contributed by atoms with Gasteiger partial charge >= 0.3 is 15.5 Å². The van der Waals surface area contributed by atoms with Crippen LogP contribution in [-0.4, -0.2) is 51.4 Å². The second kappa shape index (κ2) is 7.83. The van der Waals surface area contributed by atoms with Gasteiger partial charge in [0, 0.05) is 23.8 Å². The number of alkyl halides is 3. The van der Waals surface area contributed by atoms with E-state index >= 15 is 0 Å². The summed E-state index contributed by atoms with van der Waals surface area (Å²) in [6, 6.07) is 4.67. The molecule has 0 aliphatic rings. The minimum absolute atomic E-state index is 0.0554. The van der Waals surface area contributed by atoms with Crippen molar-refractivity contribution in [1.82, 2.24) is 10.2 Å². The van der Waals surface area contributed by atoms with Gasteiger partial charge in [-0.05, 0) is 44.6 Å². The Bertz CT molecular complexity index is 747. The lowest BCUT2D eigenvalue weighted by Gasteiger charge is -2.34. The summed E-state index contributed by atoms with van der Waals surface area (Å²) in [7, 11) is -1.72. The van der Waals surface area contributed by atoms with Crippen molar-refractivity contribution < 1.29 is 26.4 Å². The molecular formula is C16H24F3N3O3S. The van der Waals surface area contributed by atoms with Crippen LogP contribution in [0.4, 0.5) is 18.9 Å². The number of amides is 1. The van der Waals surface area contributed by atoms with Crippen molar-refractivity contribution in [3.05, 3.63) is 29.8 Å². The van der Waals surface area contributed by atoms with E-state index in [-0.39, 0.29) is 22.7 Å². The Morgan fingerprint density at radius 3 is 2.31 bits per heavy atom. The first kappa shape index (κ1) is 22.2. The van der Waals surface area contributed by atoms with Crippen molar-refractivity contribution in [2.75, 3.05) is 25.4 Å². The van der Waals surface area contributed by atoms with Gasteiger partial charge in [0.1, 0.15) is 0 Å². The number of hydrogen-bond donors (Lipinski definition) is 2. The van der Waals surface area contributed by atoms with E-state index in [1.807, 2.05) is 39.8 Å². The van der Waals surface area contributed by atoms with E-state index in [1.165, 1.54) is 16.9 Å². The van der Waals surface area contributed by atoms with Crippen molar-refractivity contribution in [3.8, 4) is 0 Å². The maximum absolute atomic E-state index is 12.5. The van der Waals surface area contributed by atoms with Crippen LogP contribution in [0.3, 0.4) is 0 Å². The number of hydrogen-bond acceptors (Lipinski definition) is 4. The minimum atomic E-state index is -5.54. The Balaban J connectivity index is 2.93. The third-order valence-corrected chi connectivity index (χ3v) is 5.04. The van der Waals surface area contributed by atoms with E-state index in [2.05, 4.69) is 5.32 Å². The summed E-state index contributed by atoms with van der Waals surface area (Å²) in [6.45, 7) is 6.50. The predicted octanol–water partition coefficient (Wildman–Crippen LogP) is 2.65. The van der Waals surface area contributed by atoms with E-state index in [1.54, 1.807) is 0 Å². The number of carbonyl (C=O) groups is 1. The standard InChI is InChI=1S/C16H24F3N3O3S/c1-11(15(2,3)10-22(4)5)20-14(23)12-7-6-8-13(9-12)21-26(24,25)16(17,18)19/h6-9,11,21H,10H2,1-5H3,(H,20,23)/t11-/m1/s1. The van der Waals surface area contributed by atoms with Crippen LogP contribution < -0.4 is 10.0 Å². The van der Waals surface area contributed by atoms with Crippen molar-refractivity contribution >= 4 is 21.6 Å². The number of halogens is 3. The highest BCUT2D eigenvalue weighted by atomic mass is 32.2. The topological polar surface area (TPSA) is 78.5 Å². The van der Waals surface area contributed by atoms with Crippen LogP contribution >= 0.6 is 0 Å². The Morgan fingerprint density at radius 1 is 1.23 bits per heavy atom. The molecule has 148 valence electrons. The number of anilines is 1. The summed E-state index contributed by atoms with van der Waals surface area (Å²) in [5.74, 6) is -0.502. The maximum atomic E-state index is 12.5. The molecule has 0 spiro atoms. The van der Waals surface area contributed by atoms with Crippen LogP contribution in [0.15, 0.2) is 24.3 Å². The molecule has 0 saturated heterocycles. The van der Waals surface area contributed by atoms with Gasteiger partial charge in [-0.15, -0.1) is 0 Å². The molecule has 2 N–H and O–H groups in total. The summed E-state index contributed by atoms with van der Waals surface area (Å²) in [5, 5.41) is 2.80. The number of nitrogens with zero attached hydrogens (tertiary/aromatic N) is 1. The molecule has 6 nitrogen and oxygen atoms in total. The Hall–Kier alpha value is -1.81. The molecule has 0 aliphatic heterocycles. The smallest absolute Gasteiger partial charge is 0.349 e. The first-order valence-corrected chi connectivity index (χ1v) is 9.29. The second-order valence-electron chi connectivity index (χ2n) is 7.05. The highest BCUT2D eigenvalue weighted by Gasteiger charge is 2.46. The highest BCUT2D eigenvalue weighted by molar-refractivity contribution is 7.93. The summed E-state index contributed by atoms with van der Waals surface area (Å²) in [5.41, 5.74) is -5.97. The van der Waals surface area contributed by atoms with Crippen LogP contribution in [0.1, 0.15) is 31.1 Å². The molecule has 26 heavy (non-hydrogen) atoms. The summed E-state index contributed by atoms with van der Waals surface area (Å²) in [6.07, 6.45) is 0. The third-order valence-electron chi connectivity index (χ3n) is 3.93. The molecule has 0 heterocycles. The zero-order valence-corrected chi connectivity index (χ0v) is 16.1. The van der Waals surface area contributed by atoms with E-state index < -0.39 is 21.4 Å². The Morgan fingerprint density at radius 2 is 1.81 bits per heavy atom. The van der Waals surface area contributed by atoms with Gasteiger partial charge in [0.25, 0.3) is 5.91 Å². The number of sulfonamides is 1. The van der Waals surface area contributed by atoms with Crippen molar-refractivity contribution in [2.45, 2.75) is 32.3 Å². The SMILES string of the molecule is C[C@@H](NC(=O)c1cccc(NS(=O)(=O)C(F)(F)F)c1)C(C)(C)CN(C)C. The first-order valence-electron chi connectivity index (χ1n) is 7.80. The number of rotatable bonds is 7. The minimum Gasteiger partial charge on any atom is -0.349 e. The molecule has 1 aromatic carbocycles. The van der Waals surface area contributed by atoms with E-state index in [0.29, 0.717) is 6.54 Å². The van der Waals surface area contributed by atoms with Crippen molar-refractivity contribution in [2.24, 2.45) is 5.41 Å². The van der Waals surface area contributed by atoms with Gasteiger partial charge in [0.15, 0.2) is 0 Å². The Labute approximate surface area is 151 Å². The fourth-order valence-corrected chi connectivity index (χ4v) is 2.92. The number of benzene rings is 1. The van der Waals surface area contributed by atoms with Crippen molar-refractivity contribution in [3.63, 3.8) is 0 Å².